The van der Waals surface area contributed by atoms with Crippen LogP contribution in [0.15, 0.2) is 72.8 Å². The fourth-order valence-corrected chi connectivity index (χ4v) is 4.12. The molecule has 1 fully saturated rings. The van der Waals surface area contributed by atoms with Gasteiger partial charge in [-0.1, -0.05) is 35.3 Å². The number of nitrogens with one attached hydrogen (secondary N) is 2. The maximum Gasteiger partial charge on any atom is 0.269 e. The van der Waals surface area contributed by atoms with Gasteiger partial charge in [-0.25, -0.2) is 9.40 Å². The summed E-state index contributed by atoms with van der Waals surface area (Å²) >= 11 is 17.5. The number of nitrogens with zero attached hydrogens (tertiary/aromatic N) is 2. The first-order valence-corrected chi connectivity index (χ1v) is 11.4. The predicted molar refractivity (Wildman–Crippen MR) is 136 cm³/mol. The fourth-order valence-electron chi connectivity index (χ4n) is 3.44. The molecule has 1 heterocycles. The van der Waals surface area contributed by atoms with E-state index in [1.54, 1.807) is 36.4 Å². The zero-order valence-corrected chi connectivity index (χ0v) is 20.2. The summed E-state index contributed by atoms with van der Waals surface area (Å²) in [6.07, 6.45) is -0.344. The maximum absolute atomic E-state index is 13.4. The van der Waals surface area contributed by atoms with Gasteiger partial charge in [0.2, 0.25) is 11.0 Å². The number of anilines is 2. The van der Waals surface area contributed by atoms with E-state index in [1.165, 1.54) is 36.4 Å². The molecule has 1 unspecified atom stereocenters. The molecule has 1 atom stereocenters. The molecule has 0 aliphatic carbocycles. The summed E-state index contributed by atoms with van der Waals surface area (Å²) in [7, 11) is 0. The van der Waals surface area contributed by atoms with Crippen LogP contribution in [-0.4, -0.2) is 33.9 Å². The van der Waals surface area contributed by atoms with Crippen LogP contribution >= 0.6 is 35.4 Å². The van der Waals surface area contributed by atoms with Gasteiger partial charge in [0.15, 0.2) is 0 Å². The van der Waals surface area contributed by atoms with Gasteiger partial charge in [0, 0.05) is 10.6 Å². The molecule has 1 aliphatic rings. The van der Waals surface area contributed by atoms with E-state index in [4.69, 9.17) is 35.4 Å². The van der Waals surface area contributed by atoms with Crippen LogP contribution in [0.4, 0.5) is 15.8 Å². The SMILES string of the molecule is O=C(CC1C(=O)N(c2ccc(F)cc2)C(=S)N1NC(=O)c1ccc(Cl)cc1)Nc1ccccc1Cl. The highest BCUT2D eigenvalue weighted by molar-refractivity contribution is 7.80. The highest BCUT2D eigenvalue weighted by atomic mass is 35.5. The molecule has 35 heavy (non-hydrogen) atoms. The summed E-state index contributed by atoms with van der Waals surface area (Å²) in [6.45, 7) is 0. The van der Waals surface area contributed by atoms with E-state index in [-0.39, 0.29) is 17.1 Å². The summed E-state index contributed by atoms with van der Waals surface area (Å²) in [5, 5.41) is 4.52. The Morgan fingerprint density at radius 2 is 1.63 bits per heavy atom. The Morgan fingerprint density at radius 3 is 2.29 bits per heavy atom. The van der Waals surface area contributed by atoms with Gasteiger partial charge in [0.05, 0.1) is 22.8 Å². The van der Waals surface area contributed by atoms with E-state index in [0.717, 1.165) is 9.91 Å². The number of hydrogen-bond donors (Lipinski definition) is 2. The molecule has 7 nitrogen and oxygen atoms in total. The monoisotopic (exact) mass is 530 g/mol. The van der Waals surface area contributed by atoms with Crippen molar-refractivity contribution in [3.05, 3.63) is 94.2 Å². The third kappa shape index (κ3) is 5.43. The van der Waals surface area contributed by atoms with Crippen LogP contribution in [0.3, 0.4) is 0 Å². The number of hydrazine groups is 1. The number of para-hydroxylation sites is 1. The number of halogens is 3. The summed E-state index contributed by atoms with van der Waals surface area (Å²) in [4.78, 5) is 40.2. The van der Waals surface area contributed by atoms with Crippen molar-refractivity contribution < 1.29 is 18.8 Å². The summed E-state index contributed by atoms with van der Waals surface area (Å²) in [6, 6.07) is 16.7. The van der Waals surface area contributed by atoms with Crippen LogP contribution in [0, 0.1) is 5.82 Å². The van der Waals surface area contributed by atoms with Crippen molar-refractivity contribution in [3.63, 3.8) is 0 Å². The fraction of sp³-hybridized carbons (Fsp3) is 0.0833. The lowest BCUT2D eigenvalue weighted by Crippen LogP contribution is -2.49. The molecule has 1 aliphatic heterocycles. The Labute approximate surface area is 215 Å². The normalized spacial score (nSPS) is 15.3. The minimum Gasteiger partial charge on any atom is -0.325 e. The molecule has 1 saturated heterocycles. The maximum atomic E-state index is 13.4. The molecular formula is C24H17Cl2FN4O3S. The molecule has 0 aromatic heterocycles. The number of amides is 3. The molecule has 11 heteroatoms. The minimum absolute atomic E-state index is 0.0699. The number of rotatable bonds is 6. The Hall–Kier alpha value is -3.53. The minimum atomic E-state index is -1.16. The Bertz CT molecular complexity index is 1300. The Morgan fingerprint density at radius 1 is 0.971 bits per heavy atom. The van der Waals surface area contributed by atoms with Crippen molar-refractivity contribution in [2.75, 3.05) is 10.2 Å². The molecular weight excluding hydrogens is 514 g/mol. The van der Waals surface area contributed by atoms with Gasteiger partial charge in [-0.2, -0.15) is 0 Å². The van der Waals surface area contributed by atoms with Gasteiger partial charge in [-0.3, -0.25) is 24.7 Å². The molecule has 0 spiro atoms. The molecule has 0 radical (unpaired) electrons. The second-order valence-electron chi connectivity index (χ2n) is 7.50. The number of carbonyl (C=O) groups excluding carboxylic acids is 3. The van der Waals surface area contributed by atoms with Crippen LogP contribution in [0.5, 0.6) is 0 Å². The van der Waals surface area contributed by atoms with E-state index < -0.39 is 29.6 Å². The zero-order chi connectivity index (χ0) is 25.1. The molecule has 3 aromatic rings. The van der Waals surface area contributed by atoms with Crippen LogP contribution in [0.1, 0.15) is 16.8 Å². The van der Waals surface area contributed by atoms with Crippen LogP contribution in [-0.2, 0) is 9.59 Å². The van der Waals surface area contributed by atoms with Crippen molar-refractivity contribution in [1.82, 2.24) is 10.4 Å². The smallest absolute Gasteiger partial charge is 0.269 e. The standard InChI is InChI=1S/C24H17Cl2FN4O3S/c25-15-7-5-14(6-8-15)22(33)29-31-20(13-21(32)28-19-4-2-1-3-18(19)26)23(34)30(24(31)35)17-11-9-16(27)10-12-17/h1-12,20H,13H2,(H,28,32)(H,29,33). The summed E-state index contributed by atoms with van der Waals surface area (Å²) in [5.74, 6) is -2.14. The van der Waals surface area contributed by atoms with Gasteiger partial charge < -0.3 is 5.32 Å². The predicted octanol–water partition coefficient (Wildman–Crippen LogP) is 4.81. The first-order chi connectivity index (χ1) is 16.7. The lowest BCUT2D eigenvalue weighted by molar-refractivity contribution is -0.124. The average Bonchev–Trinajstić information content (AvgIpc) is 3.05. The summed E-state index contributed by atoms with van der Waals surface area (Å²) < 4.78 is 13.4. The second-order valence-corrected chi connectivity index (χ2v) is 8.71. The molecule has 2 N–H and O–H groups in total. The van der Waals surface area contributed by atoms with Crippen molar-refractivity contribution in [2.24, 2.45) is 0 Å². The van der Waals surface area contributed by atoms with Crippen molar-refractivity contribution >= 4 is 69.6 Å². The Balaban J connectivity index is 1.61. The molecule has 4 rings (SSSR count). The molecule has 178 valence electrons. The second kappa shape index (κ2) is 10.4. The lowest BCUT2D eigenvalue weighted by Gasteiger charge is -2.24. The van der Waals surface area contributed by atoms with Gasteiger partial charge >= 0.3 is 0 Å². The largest absolute Gasteiger partial charge is 0.325 e. The molecule has 0 saturated carbocycles. The van der Waals surface area contributed by atoms with Gasteiger partial charge in [-0.05, 0) is 72.9 Å². The quantitative estimate of drug-likeness (QED) is 0.447. The molecule has 3 amide bonds. The third-order valence-electron chi connectivity index (χ3n) is 5.15. The zero-order valence-electron chi connectivity index (χ0n) is 17.9. The highest BCUT2D eigenvalue weighted by Crippen LogP contribution is 2.27. The van der Waals surface area contributed by atoms with E-state index in [9.17, 15) is 18.8 Å². The van der Waals surface area contributed by atoms with E-state index in [2.05, 4.69) is 10.7 Å². The van der Waals surface area contributed by atoms with Gasteiger partial charge in [0.1, 0.15) is 11.9 Å². The van der Waals surface area contributed by atoms with Gasteiger partial charge in [-0.15, -0.1) is 0 Å². The number of hydrogen-bond acceptors (Lipinski definition) is 4. The third-order valence-corrected chi connectivity index (χ3v) is 6.12. The number of thiocarbonyl (C=S) groups is 1. The highest BCUT2D eigenvalue weighted by Gasteiger charge is 2.45. The first-order valence-electron chi connectivity index (χ1n) is 10.3. The van der Waals surface area contributed by atoms with Gasteiger partial charge in [0.25, 0.3) is 11.8 Å². The van der Waals surface area contributed by atoms with E-state index in [0.29, 0.717) is 21.4 Å². The van der Waals surface area contributed by atoms with E-state index >= 15 is 0 Å². The summed E-state index contributed by atoms with van der Waals surface area (Å²) in [5.41, 5.74) is 3.54. The molecule has 0 bridgehead atoms. The van der Waals surface area contributed by atoms with Crippen molar-refractivity contribution in [1.29, 1.82) is 0 Å². The average molecular weight is 531 g/mol. The van der Waals surface area contributed by atoms with E-state index in [1.807, 2.05) is 0 Å². The van der Waals surface area contributed by atoms with Crippen molar-refractivity contribution in [2.45, 2.75) is 12.5 Å². The van der Waals surface area contributed by atoms with Crippen LogP contribution in [0.2, 0.25) is 10.0 Å². The first kappa shape index (κ1) is 24.6. The lowest BCUT2D eigenvalue weighted by atomic mass is 10.1. The van der Waals surface area contributed by atoms with Crippen LogP contribution in [0.25, 0.3) is 0 Å². The topological polar surface area (TPSA) is 81.8 Å². The number of benzene rings is 3. The number of carbonyl (C=O) groups is 3. The Kier molecular flexibility index (Phi) is 7.30. The molecule has 3 aromatic carbocycles. The van der Waals surface area contributed by atoms with Crippen LogP contribution < -0.4 is 15.6 Å². The van der Waals surface area contributed by atoms with Crippen molar-refractivity contribution in [3.8, 4) is 0 Å².